The van der Waals surface area contributed by atoms with Crippen molar-refractivity contribution in [3.8, 4) is 0 Å². The summed E-state index contributed by atoms with van der Waals surface area (Å²) in [7, 11) is 0. The number of benzene rings is 2. The Bertz CT molecular complexity index is 1300. The third-order valence-electron chi connectivity index (χ3n) is 6.56. The number of nitrogens with one attached hydrogen (secondary N) is 2. The molecule has 0 radical (unpaired) electrons. The number of para-hydroxylation sites is 2. The van der Waals surface area contributed by atoms with E-state index < -0.39 is 11.9 Å². The molecule has 7 heteroatoms. The Balaban J connectivity index is 1.62. The SMILES string of the molecule is CC1(C)CC(=O)C2=C(C1)Nc1ccccc1N(CC(=O)NCc1ccco1)C2c1ccccc1F. The van der Waals surface area contributed by atoms with Gasteiger partial charge in [0.05, 0.1) is 36.8 Å². The molecule has 1 aliphatic carbocycles. The van der Waals surface area contributed by atoms with Crippen LogP contribution in [0.2, 0.25) is 0 Å². The molecule has 1 unspecified atom stereocenters. The van der Waals surface area contributed by atoms with Crippen LogP contribution in [0.1, 0.15) is 44.1 Å². The highest BCUT2D eigenvalue weighted by Gasteiger charge is 2.42. The van der Waals surface area contributed by atoms with Crippen LogP contribution in [0.5, 0.6) is 0 Å². The number of anilines is 2. The molecule has 2 N–H and O–H groups in total. The van der Waals surface area contributed by atoms with Gasteiger partial charge in [0.1, 0.15) is 11.6 Å². The summed E-state index contributed by atoms with van der Waals surface area (Å²) < 4.78 is 20.6. The predicted molar refractivity (Wildman–Crippen MR) is 132 cm³/mol. The topological polar surface area (TPSA) is 74.6 Å². The summed E-state index contributed by atoms with van der Waals surface area (Å²) in [5.41, 5.74) is 2.95. The maximum absolute atomic E-state index is 15.3. The molecule has 1 aliphatic heterocycles. The molecule has 1 amide bonds. The summed E-state index contributed by atoms with van der Waals surface area (Å²) in [6, 6.07) is 16.9. The van der Waals surface area contributed by atoms with Crippen molar-refractivity contribution in [1.82, 2.24) is 5.32 Å². The summed E-state index contributed by atoms with van der Waals surface area (Å²) in [5.74, 6) is -0.0741. The van der Waals surface area contributed by atoms with E-state index in [0.29, 0.717) is 29.7 Å². The first-order valence-corrected chi connectivity index (χ1v) is 11.7. The van der Waals surface area contributed by atoms with Crippen molar-refractivity contribution in [2.24, 2.45) is 5.41 Å². The molecule has 1 aromatic heterocycles. The minimum absolute atomic E-state index is 0.0363. The molecule has 0 spiro atoms. The molecule has 3 aromatic rings. The fourth-order valence-corrected chi connectivity index (χ4v) is 5.06. The Labute approximate surface area is 203 Å². The van der Waals surface area contributed by atoms with Gasteiger partial charge in [-0.2, -0.15) is 0 Å². The number of furan rings is 1. The molecule has 180 valence electrons. The van der Waals surface area contributed by atoms with Crippen LogP contribution >= 0.6 is 0 Å². The van der Waals surface area contributed by atoms with Crippen molar-refractivity contribution < 1.29 is 18.4 Å². The van der Waals surface area contributed by atoms with Crippen LogP contribution in [-0.4, -0.2) is 18.2 Å². The van der Waals surface area contributed by atoms with Gasteiger partial charge in [-0.3, -0.25) is 9.59 Å². The zero-order valence-corrected chi connectivity index (χ0v) is 19.8. The number of amides is 1. The summed E-state index contributed by atoms with van der Waals surface area (Å²) in [4.78, 5) is 28.6. The Hall–Kier alpha value is -3.87. The van der Waals surface area contributed by atoms with E-state index in [1.54, 1.807) is 36.6 Å². The van der Waals surface area contributed by atoms with Crippen LogP contribution in [0.15, 0.2) is 82.6 Å². The number of fused-ring (bicyclic) bond motifs is 1. The first kappa shape index (κ1) is 22.9. The molecule has 0 bridgehead atoms. The largest absolute Gasteiger partial charge is 0.467 e. The number of carbonyl (C=O) groups is 2. The second-order valence-corrected chi connectivity index (χ2v) is 9.88. The van der Waals surface area contributed by atoms with E-state index in [2.05, 4.69) is 24.5 Å². The lowest BCUT2D eigenvalue weighted by Crippen LogP contribution is -2.42. The van der Waals surface area contributed by atoms with Gasteiger partial charge in [-0.15, -0.1) is 0 Å². The normalized spacial score (nSPS) is 18.9. The third kappa shape index (κ3) is 4.58. The van der Waals surface area contributed by atoms with Gasteiger partial charge in [-0.1, -0.05) is 44.2 Å². The third-order valence-corrected chi connectivity index (χ3v) is 6.56. The van der Waals surface area contributed by atoms with E-state index in [9.17, 15) is 9.59 Å². The van der Waals surface area contributed by atoms with Crippen molar-refractivity contribution in [1.29, 1.82) is 0 Å². The van der Waals surface area contributed by atoms with Gasteiger partial charge < -0.3 is 20.0 Å². The molecule has 6 nitrogen and oxygen atoms in total. The van der Waals surface area contributed by atoms with E-state index in [1.165, 1.54) is 6.07 Å². The number of hydrogen-bond donors (Lipinski definition) is 2. The minimum Gasteiger partial charge on any atom is -0.467 e. The van der Waals surface area contributed by atoms with Crippen LogP contribution in [-0.2, 0) is 16.1 Å². The molecule has 0 saturated carbocycles. The van der Waals surface area contributed by atoms with Gasteiger partial charge in [0.2, 0.25) is 5.91 Å². The molecule has 2 aliphatic rings. The molecule has 2 aromatic carbocycles. The minimum atomic E-state index is -0.750. The maximum atomic E-state index is 15.3. The standard InChI is InChI=1S/C28H28FN3O3/c1-28(2)14-22-26(24(33)15-28)27(19-9-3-4-10-20(19)29)32(23-12-6-5-11-21(23)31-22)17-25(34)30-16-18-8-7-13-35-18/h3-13,27,31H,14-17H2,1-2H3,(H,30,34). The number of hydrogen-bond acceptors (Lipinski definition) is 5. The van der Waals surface area contributed by atoms with Crippen LogP contribution in [0.3, 0.4) is 0 Å². The first-order valence-electron chi connectivity index (χ1n) is 11.7. The van der Waals surface area contributed by atoms with Crippen LogP contribution < -0.4 is 15.5 Å². The van der Waals surface area contributed by atoms with Crippen LogP contribution in [0.4, 0.5) is 15.8 Å². The number of Topliss-reactive ketones (excluding diaryl/α,β-unsaturated/α-hetero) is 1. The fraction of sp³-hybridized carbons (Fsp3) is 0.286. The molecular formula is C28H28FN3O3. The maximum Gasteiger partial charge on any atom is 0.239 e. The zero-order chi connectivity index (χ0) is 24.6. The van der Waals surface area contributed by atoms with Crippen molar-refractivity contribution in [2.45, 2.75) is 39.3 Å². The molecule has 35 heavy (non-hydrogen) atoms. The van der Waals surface area contributed by atoms with E-state index in [1.807, 2.05) is 29.2 Å². The number of halogens is 1. The van der Waals surface area contributed by atoms with Crippen molar-refractivity contribution in [2.75, 3.05) is 16.8 Å². The number of rotatable bonds is 5. The number of nitrogens with zero attached hydrogens (tertiary/aromatic N) is 1. The molecule has 5 rings (SSSR count). The second-order valence-electron chi connectivity index (χ2n) is 9.88. The van der Waals surface area contributed by atoms with E-state index >= 15 is 4.39 Å². The Kier molecular flexibility index (Phi) is 5.93. The highest BCUT2D eigenvalue weighted by atomic mass is 19.1. The average Bonchev–Trinajstić information content (AvgIpc) is 3.29. The number of carbonyl (C=O) groups excluding carboxylic acids is 2. The lowest BCUT2D eigenvalue weighted by atomic mass is 9.73. The van der Waals surface area contributed by atoms with Gasteiger partial charge in [0.15, 0.2) is 5.78 Å². The fourth-order valence-electron chi connectivity index (χ4n) is 5.06. The highest BCUT2D eigenvalue weighted by Crippen LogP contribution is 2.48. The molecular weight excluding hydrogens is 445 g/mol. The van der Waals surface area contributed by atoms with Gasteiger partial charge >= 0.3 is 0 Å². The summed E-state index contributed by atoms with van der Waals surface area (Å²) in [6.07, 6.45) is 2.55. The van der Waals surface area contributed by atoms with Crippen LogP contribution in [0, 0.1) is 11.2 Å². The van der Waals surface area contributed by atoms with Gasteiger partial charge in [0, 0.05) is 23.3 Å². The summed E-state index contributed by atoms with van der Waals surface area (Å²) in [6.45, 7) is 4.30. The Morgan fingerprint density at radius 3 is 2.66 bits per heavy atom. The summed E-state index contributed by atoms with van der Waals surface area (Å²) >= 11 is 0. The second kappa shape index (κ2) is 9.06. The zero-order valence-electron chi connectivity index (χ0n) is 19.8. The van der Waals surface area contributed by atoms with Gasteiger partial charge in [0.25, 0.3) is 0 Å². The smallest absolute Gasteiger partial charge is 0.239 e. The highest BCUT2D eigenvalue weighted by molar-refractivity contribution is 6.01. The number of allylic oxidation sites excluding steroid dienone is 1. The average molecular weight is 474 g/mol. The van der Waals surface area contributed by atoms with Gasteiger partial charge in [-0.25, -0.2) is 4.39 Å². The molecule has 2 heterocycles. The number of ketones is 1. The van der Waals surface area contributed by atoms with E-state index in [-0.39, 0.29) is 30.2 Å². The van der Waals surface area contributed by atoms with E-state index in [0.717, 1.165) is 17.1 Å². The monoisotopic (exact) mass is 473 g/mol. The van der Waals surface area contributed by atoms with E-state index in [4.69, 9.17) is 4.42 Å². The van der Waals surface area contributed by atoms with Crippen molar-refractivity contribution in [3.05, 3.63) is 95.3 Å². The Morgan fingerprint density at radius 1 is 1.11 bits per heavy atom. The molecule has 0 fully saturated rings. The Morgan fingerprint density at radius 2 is 1.89 bits per heavy atom. The summed E-state index contributed by atoms with van der Waals surface area (Å²) in [5, 5.41) is 6.35. The first-order chi connectivity index (χ1) is 16.8. The van der Waals surface area contributed by atoms with Crippen molar-refractivity contribution >= 4 is 23.1 Å². The van der Waals surface area contributed by atoms with Crippen LogP contribution in [0.25, 0.3) is 0 Å². The molecule has 1 atom stereocenters. The predicted octanol–water partition coefficient (Wildman–Crippen LogP) is 5.35. The lowest BCUT2D eigenvalue weighted by molar-refractivity contribution is -0.121. The van der Waals surface area contributed by atoms with Gasteiger partial charge in [-0.05, 0) is 42.2 Å². The quantitative estimate of drug-likeness (QED) is 0.523. The lowest BCUT2D eigenvalue weighted by Gasteiger charge is -2.38. The van der Waals surface area contributed by atoms with Crippen molar-refractivity contribution in [3.63, 3.8) is 0 Å². The molecule has 0 saturated heterocycles.